The third-order valence-electron chi connectivity index (χ3n) is 4.88. The van der Waals surface area contributed by atoms with Crippen LogP contribution in [0.2, 0.25) is 0 Å². The van der Waals surface area contributed by atoms with E-state index in [1.165, 1.54) is 0 Å². The number of carbonyl (C=O) groups is 1. The number of ether oxygens (including phenoxy) is 1. The van der Waals surface area contributed by atoms with Gasteiger partial charge in [-0.25, -0.2) is 4.68 Å². The van der Waals surface area contributed by atoms with Crippen LogP contribution in [-0.2, 0) is 4.79 Å². The number of hydrogen-bond acceptors (Lipinski definition) is 3. The first-order valence-electron chi connectivity index (χ1n) is 9.55. The molecular weight excluding hydrogens is 350 g/mol. The summed E-state index contributed by atoms with van der Waals surface area (Å²) in [7, 11) is 0. The predicted octanol–water partition coefficient (Wildman–Crippen LogP) is 4.44. The average Bonchev–Trinajstić information content (AvgIpc) is 3.06. The van der Waals surface area contributed by atoms with E-state index in [9.17, 15) is 4.79 Å². The van der Waals surface area contributed by atoms with Gasteiger partial charge >= 0.3 is 0 Å². The highest BCUT2D eigenvalue weighted by molar-refractivity contribution is 5.76. The smallest absolute Gasteiger partial charge is 0.223 e. The Hall–Kier alpha value is -3.08. The topological polar surface area (TPSA) is 56.1 Å². The van der Waals surface area contributed by atoms with Crippen molar-refractivity contribution in [2.24, 2.45) is 0 Å². The molecule has 0 fully saturated rings. The van der Waals surface area contributed by atoms with E-state index in [1.54, 1.807) is 0 Å². The molecule has 0 aliphatic rings. The van der Waals surface area contributed by atoms with Crippen molar-refractivity contribution in [3.63, 3.8) is 0 Å². The minimum absolute atomic E-state index is 0.0365. The Labute approximate surface area is 166 Å². The van der Waals surface area contributed by atoms with Crippen LogP contribution in [0.25, 0.3) is 5.69 Å². The molecule has 0 saturated carbocycles. The van der Waals surface area contributed by atoms with Crippen molar-refractivity contribution in [3.05, 3.63) is 77.1 Å². The quantitative estimate of drug-likeness (QED) is 0.662. The van der Waals surface area contributed by atoms with E-state index in [0.717, 1.165) is 33.8 Å². The number of aryl methyl sites for hydroxylation is 2. The summed E-state index contributed by atoms with van der Waals surface area (Å²) in [6.45, 7) is 8.37. The summed E-state index contributed by atoms with van der Waals surface area (Å²) in [5.41, 5.74) is 5.20. The molecule has 3 aromatic rings. The molecule has 2 aromatic carbocycles. The summed E-state index contributed by atoms with van der Waals surface area (Å²) in [5.74, 6) is 0.828. The molecule has 1 aromatic heterocycles. The number of benzene rings is 2. The fraction of sp³-hybridized carbons (Fsp3) is 0.304. The van der Waals surface area contributed by atoms with Gasteiger partial charge in [0.1, 0.15) is 5.75 Å². The fourth-order valence-corrected chi connectivity index (χ4v) is 3.34. The van der Waals surface area contributed by atoms with Crippen LogP contribution in [0, 0.1) is 20.8 Å². The molecule has 5 heteroatoms. The Bertz CT molecular complexity index is 927. The van der Waals surface area contributed by atoms with Gasteiger partial charge in [-0.05, 0) is 51.0 Å². The van der Waals surface area contributed by atoms with Gasteiger partial charge < -0.3 is 10.1 Å². The van der Waals surface area contributed by atoms with Gasteiger partial charge in [0.25, 0.3) is 0 Å². The van der Waals surface area contributed by atoms with Gasteiger partial charge in [-0.3, -0.25) is 4.79 Å². The monoisotopic (exact) mass is 377 g/mol. The van der Waals surface area contributed by atoms with Crippen LogP contribution >= 0.6 is 0 Å². The van der Waals surface area contributed by atoms with Crippen molar-refractivity contribution in [1.29, 1.82) is 0 Å². The van der Waals surface area contributed by atoms with E-state index < -0.39 is 0 Å². The van der Waals surface area contributed by atoms with Crippen molar-refractivity contribution < 1.29 is 9.53 Å². The molecule has 0 spiro atoms. The Balaban J connectivity index is 1.57. The van der Waals surface area contributed by atoms with E-state index in [-0.39, 0.29) is 11.9 Å². The molecule has 0 aliphatic carbocycles. The Morgan fingerprint density at radius 2 is 1.75 bits per heavy atom. The Morgan fingerprint density at radius 3 is 2.43 bits per heavy atom. The summed E-state index contributed by atoms with van der Waals surface area (Å²) >= 11 is 0. The summed E-state index contributed by atoms with van der Waals surface area (Å²) in [5, 5.41) is 7.52. The third kappa shape index (κ3) is 4.42. The maximum absolute atomic E-state index is 12.4. The van der Waals surface area contributed by atoms with E-state index in [4.69, 9.17) is 4.74 Å². The summed E-state index contributed by atoms with van der Waals surface area (Å²) in [6, 6.07) is 15.9. The molecule has 0 saturated heterocycles. The van der Waals surface area contributed by atoms with Gasteiger partial charge in [-0.1, -0.05) is 36.4 Å². The number of rotatable bonds is 7. The maximum atomic E-state index is 12.4. The van der Waals surface area contributed by atoms with Crippen LogP contribution in [0.4, 0.5) is 0 Å². The van der Waals surface area contributed by atoms with Gasteiger partial charge in [-0.15, -0.1) is 0 Å². The first kappa shape index (κ1) is 19.7. The van der Waals surface area contributed by atoms with Crippen LogP contribution in [-0.4, -0.2) is 22.3 Å². The molecule has 1 N–H and O–H groups in total. The number of nitrogens with zero attached hydrogens (tertiary/aromatic N) is 2. The molecular formula is C23H27N3O2. The summed E-state index contributed by atoms with van der Waals surface area (Å²) < 4.78 is 7.72. The minimum atomic E-state index is -0.120. The lowest BCUT2D eigenvalue weighted by Gasteiger charge is -2.15. The molecule has 0 aliphatic heterocycles. The predicted molar refractivity (Wildman–Crippen MR) is 111 cm³/mol. The normalized spacial score (nSPS) is 11.9. The van der Waals surface area contributed by atoms with Crippen molar-refractivity contribution in [2.75, 3.05) is 6.61 Å². The second-order valence-corrected chi connectivity index (χ2v) is 7.04. The molecule has 1 heterocycles. The average molecular weight is 377 g/mol. The van der Waals surface area contributed by atoms with Crippen LogP contribution in [0.5, 0.6) is 5.75 Å². The number of carbonyl (C=O) groups excluding carboxylic acids is 1. The number of aromatic nitrogens is 2. The first-order chi connectivity index (χ1) is 13.5. The number of para-hydroxylation sites is 2. The van der Waals surface area contributed by atoms with Crippen LogP contribution < -0.4 is 10.1 Å². The molecule has 0 radical (unpaired) electrons. The van der Waals surface area contributed by atoms with E-state index in [0.29, 0.717) is 13.0 Å². The highest BCUT2D eigenvalue weighted by Gasteiger charge is 2.16. The molecule has 0 bridgehead atoms. The largest absolute Gasteiger partial charge is 0.493 e. The molecule has 5 nitrogen and oxygen atoms in total. The number of nitrogens with one attached hydrogen (secondary N) is 1. The summed E-state index contributed by atoms with van der Waals surface area (Å²) in [4.78, 5) is 12.4. The van der Waals surface area contributed by atoms with Crippen LogP contribution in [0.1, 0.15) is 41.8 Å². The van der Waals surface area contributed by atoms with Gasteiger partial charge in [0.2, 0.25) is 5.91 Å². The van der Waals surface area contributed by atoms with Gasteiger partial charge in [0.15, 0.2) is 0 Å². The second kappa shape index (κ2) is 8.74. The molecule has 28 heavy (non-hydrogen) atoms. The SMILES string of the molecule is Cc1cccc(C)c1OCCC(=O)NC(C)c1cnn(-c2ccccc2)c1C. The first-order valence-corrected chi connectivity index (χ1v) is 9.55. The zero-order chi connectivity index (χ0) is 20.1. The molecule has 1 atom stereocenters. The van der Waals surface area contributed by atoms with Gasteiger partial charge in [0, 0.05) is 11.3 Å². The van der Waals surface area contributed by atoms with Crippen molar-refractivity contribution in [1.82, 2.24) is 15.1 Å². The van der Waals surface area contributed by atoms with Crippen molar-refractivity contribution in [2.45, 2.75) is 40.2 Å². The molecule has 1 unspecified atom stereocenters. The van der Waals surface area contributed by atoms with Crippen LogP contribution in [0.15, 0.2) is 54.7 Å². The Kier molecular flexibility index (Phi) is 6.14. The van der Waals surface area contributed by atoms with Gasteiger partial charge in [0.05, 0.1) is 31.0 Å². The van der Waals surface area contributed by atoms with E-state index in [1.807, 2.05) is 87.1 Å². The maximum Gasteiger partial charge on any atom is 0.223 e. The lowest BCUT2D eigenvalue weighted by molar-refractivity contribution is -0.122. The highest BCUT2D eigenvalue weighted by atomic mass is 16.5. The lowest BCUT2D eigenvalue weighted by Crippen LogP contribution is -2.28. The molecule has 1 amide bonds. The molecule has 3 rings (SSSR count). The van der Waals surface area contributed by atoms with Crippen molar-refractivity contribution >= 4 is 5.91 Å². The summed E-state index contributed by atoms with van der Waals surface area (Å²) in [6.07, 6.45) is 2.13. The van der Waals surface area contributed by atoms with Crippen molar-refractivity contribution in [3.8, 4) is 11.4 Å². The standard InChI is InChI=1S/C23H27N3O2/c1-16-9-8-10-17(2)23(16)28-14-13-22(27)25-18(3)21-15-24-26(19(21)4)20-11-6-5-7-12-20/h5-12,15,18H,13-14H2,1-4H3,(H,25,27). The number of hydrogen-bond donors (Lipinski definition) is 1. The number of amides is 1. The van der Waals surface area contributed by atoms with Crippen LogP contribution in [0.3, 0.4) is 0 Å². The zero-order valence-electron chi connectivity index (χ0n) is 16.9. The lowest BCUT2D eigenvalue weighted by atomic mass is 10.1. The fourth-order valence-electron chi connectivity index (χ4n) is 3.34. The Morgan fingerprint density at radius 1 is 1.07 bits per heavy atom. The second-order valence-electron chi connectivity index (χ2n) is 7.04. The molecule has 146 valence electrons. The minimum Gasteiger partial charge on any atom is -0.493 e. The van der Waals surface area contributed by atoms with E-state index in [2.05, 4.69) is 10.4 Å². The van der Waals surface area contributed by atoms with E-state index >= 15 is 0 Å². The van der Waals surface area contributed by atoms with Gasteiger partial charge in [-0.2, -0.15) is 5.10 Å². The third-order valence-corrected chi connectivity index (χ3v) is 4.88. The zero-order valence-corrected chi connectivity index (χ0v) is 16.9. The highest BCUT2D eigenvalue weighted by Crippen LogP contribution is 2.23.